The minimum Gasteiger partial charge on any atom is -0.497 e. The lowest BCUT2D eigenvalue weighted by molar-refractivity contribution is -0.113. The van der Waals surface area contributed by atoms with Crippen LogP contribution in [0.5, 0.6) is 5.75 Å². The molecule has 0 atom stereocenters. The summed E-state index contributed by atoms with van der Waals surface area (Å²) in [5.74, 6) is 0.774. The molecule has 0 aromatic heterocycles. The maximum Gasteiger partial charge on any atom is 0.262 e. The van der Waals surface area contributed by atoms with Gasteiger partial charge in [0.1, 0.15) is 5.75 Å². The van der Waals surface area contributed by atoms with Gasteiger partial charge in [0, 0.05) is 5.57 Å². The van der Waals surface area contributed by atoms with E-state index < -0.39 is 0 Å². The average Bonchev–Trinajstić information content (AvgIpc) is 3.07. The van der Waals surface area contributed by atoms with Crippen molar-refractivity contribution in [1.82, 2.24) is 0 Å². The van der Waals surface area contributed by atoms with Gasteiger partial charge in [0.2, 0.25) is 0 Å². The number of carbonyl (C=O) groups excluding carboxylic acids is 1. The molecule has 0 N–H and O–H groups in total. The summed E-state index contributed by atoms with van der Waals surface area (Å²) in [6.45, 7) is 4.08. The Kier molecular flexibility index (Phi) is 5.05. The van der Waals surface area contributed by atoms with Crippen LogP contribution < -0.4 is 9.64 Å². The molecule has 0 saturated carbocycles. The molecule has 0 unspecified atom stereocenters. The smallest absolute Gasteiger partial charge is 0.262 e. The van der Waals surface area contributed by atoms with E-state index in [4.69, 9.17) is 4.74 Å². The number of amides is 1. The van der Waals surface area contributed by atoms with Crippen LogP contribution in [-0.2, 0) is 4.79 Å². The number of benzene rings is 3. The lowest BCUT2D eigenvalue weighted by Gasteiger charge is -2.23. The second-order valence-electron chi connectivity index (χ2n) is 7.20. The molecule has 3 heteroatoms. The van der Waals surface area contributed by atoms with E-state index in [1.165, 1.54) is 0 Å². The number of anilines is 1. The molecule has 0 bridgehead atoms. The first-order valence-corrected chi connectivity index (χ1v) is 9.61. The lowest BCUT2D eigenvalue weighted by atomic mass is 10.1. The minimum atomic E-state index is -0.0200. The van der Waals surface area contributed by atoms with Crippen LogP contribution in [0.1, 0.15) is 22.3 Å². The van der Waals surface area contributed by atoms with Gasteiger partial charge in [-0.15, -0.1) is 0 Å². The van der Waals surface area contributed by atoms with Gasteiger partial charge in [-0.1, -0.05) is 54.6 Å². The molecule has 0 saturated heterocycles. The van der Waals surface area contributed by atoms with Gasteiger partial charge in [0.05, 0.1) is 18.5 Å². The number of hydrogen-bond acceptors (Lipinski definition) is 2. The van der Waals surface area contributed by atoms with Gasteiger partial charge in [0.25, 0.3) is 5.91 Å². The highest BCUT2D eigenvalue weighted by Crippen LogP contribution is 2.37. The molecule has 0 spiro atoms. The number of carbonyl (C=O) groups is 1. The maximum atomic E-state index is 13.5. The second-order valence-corrected chi connectivity index (χ2v) is 7.20. The van der Waals surface area contributed by atoms with E-state index >= 15 is 0 Å². The van der Waals surface area contributed by atoms with Gasteiger partial charge >= 0.3 is 0 Å². The van der Waals surface area contributed by atoms with E-state index in [0.717, 1.165) is 39.4 Å². The quantitative estimate of drug-likeness (QED) is 0.536. The Balaban J connectivity index is 1.82. The molecule has 1 aliphatic heterocycles. The Morgan fingerprint density at radius 1 is 0.897 bits per heavy atom. The molecular formula is C26H23NO2. The minimum absolute atomic E-state index is 0.0200. The van der Waals surface area contributed by atoms with Crippen molar-refractivity contribution in [2.45, 2.75) is 13.8 Å². The molecular weight excluding hydrogens is 358 g/mol. The Morgan fingerprint density at radius 3 is 2.31 bits per heavy atom. The third-order valence-corrected chi connectivity index (χ3v) is 5.10. The highest BCUT2D eigenvalue weighted by atomic mass is 16.5. The van der Waals surface area contributed by atoms with E-state index in [9.17, 15) is 4.79 Å². The van der Waals surface area contributed by atoms with Gasteiger partial charge < -0.3 is 4.74 Å². The van der Waals surface area contributed by atoms with E-state index in [1.54, 1.807) is 7.11 Å². The topological polar surface area (TPSA) is 29.5 Å². The zero-order chi connectivity index (χ0) is 20.4. The number of ether oxygens (including phenoxy) is 1. The van der Waals surface area contributed by atoms with Crippen LogP contribution in [0.4, 0.5) is 5.69 Å². The van der Waals surface area contributed by atoms with Gasteiger partial charge in [-0.05, 0) is 66.5 Å². The van der Waals surface area contributed by atoms with Crippen molar-refractivity contribution in [3.8, 4) is 5.75 Å². The largest absolute Gasteiger partial charge is 0.497 e. The van der Waals surface area contributed by atoms with Gasteiger partial charge in [-0.25, -0.2) is 0 Å². The van der Waals surface area contributed by atoms with Crippen molar-refractivity contribution in [3.05, 3.63) is 107 Å². The number of aryl methyl sites for hydroxylation is 2. The molecule has 3 aromatic rings. The third-order valence-electron chi connectivity index (χ3n) is 5.10. The van der Waals surface area contributed by atoms with Crippen molar-refractivity contribution in [2.75, 3.05) is 12.0 Å². The van der Waals surface area contributed by atoms with Crippen LogP contribution in [0.15, 0.2) is 84.4 Å². The van der Waals surface area contributed by atoms with E-state index in [-0.39, 0.29) is 5.91 Å². The van der Waals surface area contributed by atoms with Crippen molar-refractivity contribution in [2.24, 2.45) is 0 Å². The number of nitrogens with zero attached hydrogens (tertiary/aromatic N) is 1. The highest BCUT2D eigenvalue weighted by Gasteiger charge is 2.31. The van der Waals surface area contributed by atoms with E-state index in [1.807, 2.05) is 85.5 Å². The SMILES string of the molecule is COc1ccc(C=C2C=C(c3ccccc3)N(c3cc(C)ccc3C)C2=O)cc1. The molecule has 1 heterocycles. The Hall–Kier alpha value is -3.59. The average molecular weight is 381 g/mol. The molecule has 1 amide bonds. The summed E-state index contributed by atoms with van der Waals surface area (Å²) in [5.41, 5.74) is 6.64. The van der Waals surface area contributed by atoms with E-state index in [0.29, 0.717) is 5.57 Å². The molecule has 0 aliphatic carbocycles. The number of rotatable bonds is 4. The molecule has 144 valence electrons. The lowest BCUT2D eigenvalue weighted by Crippen LogP contribution is -2.25. The fraction of sp³-hybridized carbons (Fsp3) is 0.115. The van der Waals surface area contributed by atoms with Gasteiger partial charge in [-0.3, -0.25) is 9.69 Å². The zero-order valence-corrected chi connectivity index (χ0v) is 16.8. The van der Waals surface area contributed by atoms with Crippen LogP contribution in [-0.4, -0.2) is 13.0 Å². The summed E-state index contributed by atoms with van der Waals surface area (Å²) in [6.07, 6.45) is 3.90. The zero-order valence-electron chi connectivity index (χ0n) is 16.8. The third kappa shape index (κ3) is 3.72. The molecule has 3 aromatic carbocycles. The summed E-state index contributed by atoms with van der Waals surface area (Å²) in [4.78, 5) is 15.3. The van der Waals surface area contributed by atoms with E-state index in [2.05, 4.69) is 18.2 Å². The second kappa shape index (κ2) is 7.80. The number of hydrogen-bond donors (Lipinski definition) is 0. The van der Waals surface area contributed by atoms with Crippen molar-refractivity contribution >= 4 is 23.4 Å². The molecule has 0 fully saturated rings. The molecule has 0 radical (unpaired) electrons. The summed E-state index contributed by atoms with van der Waals surface area (Å²) < 4.78 is 5.23. The van der Waals surface area contributed by atoms with Gasteiger partial charge in [0.15, 0.2) is 0 Å². The molecule has 4 rings (SSSR count). The standard InChI is InChI=1S/C26H23NO2/c1-18-9-10-19(2)24(15-18)27-25(21-7-5-4-6-8-21)17-22(26(27)28)16-20-11-13-23(29-3)14-12-20/h4-17H,1-3H3. The van der Waals surface area contributed by atoms with Crippen molar-refractivity contribution in [3.63, 3.8) is 0 Å². The summed E-state index contributed by atoms with van der Waals surface area (Å²) in [6, 6.07) is 23.9. The monoisotopic (exact) mass is 381 g/mol. The predicted molar refractivity (Wildman–Crippen MR) is 119 cm³/mol. The maximum absolute atomic E-state index is 13.5. The highest BCUT2D eigenvalue weighted by molar-refractivity contribution is 6.23. The predicted octanol–water partition coefficient (Wildman–Crippen LogP) is 5.78. The molecule has 1 aliphatic rings. The van der Waals surface area contributed by atoms with Crippen LogP contribution >= 0.6 is 0 Å². The van der Waals surface area contributed by atoms with Crippen molar-refractivity contribution < 1.29 is 9.53 Å². The first kappa shape index (κ1) is 18.8. The van der Waals surface area contributed by atoms with Gasteiger partial charge in [-0.2, -0.15) is 0 Å². The molecule has 3 nitrogen and oxygen atoms in total. The fourth-order valence-corrected chi connectivity index (χ4v) is 3.52. The first-order chi connectivity index (χ1) is 14.1. The first-order valence-electron chi connectivity index (χ1n) is 9.61. The summed E-state index contributed by atoms with van der Waals surface area (Å²) in [7, 11) is 1.64. The summed E-state index contributed by atoms with van der Waals surface area (Å²) in [5, 5.41) is 0. The Morgan fingerprint density at radius 2 is 1.62 bits per heavy atom. The molecule has 29 heavy (non-hydrogen) atoms. The van der Waals surface area contributed by atoms with Crippen LogP contribution in [0.25, 0.3) is 11.8 Å². The van der Waals surface area contributed by atoms with Crippen molar-refractivity contribution in [1.29, 1.82) is 0 Å². The van der Waals surface area contributed by atoms with Crippen LogP contribution in [0, 0.1) is 13.8 Å². The normalized spacial score (nSPS) is 15.0. The fourth-order valence-electron chi connectivity index (χ4n) is 3.52. The summed E-state index contributed by atoms with van der Waals surface area (Å²) >= 11 is 0. The van der Waals surface area contributed by atoms with Crippen LogP contribution in [0.2, 0.25) is 0 Å². The Bertz CT molecular complexity index is 1110. The van der Waals surface area contributed by atoms with Crippen LogP contribution in [0.3, 0.4) is 0 Å². The number of methoxy groups -OCH3 is 1. The Labute approximate surface area is 171 Å².